The van der Waals surface area contributed by atoms with Gasteiger partial charge in [-0.15, -0.1) is 0 Å². The molecule has 0 aliphatic rings. The second-order valence-electron chi connectivity index (χ2n) is 2.70. The van der Waals surface area contributed by atoms with E-state index >= 15 is 0 Å². The highest BCUT2D eigenvalue weighted by atomic mass is 16.1. The molecule has 0 saturated heterocycles. The Kier molecular flexibility index (Phi) is 1.98. The predicted molar refractivity (Wildman–Crippen MR) is 42.7 cm³/mol. The summed E-state index contributed by atoms with van der Waals surface area (Å²) in [5.74, 6) is 0.574. The summed E-state index contributed by atoms with van der Waals surface area (Å²) < 4.78 is 0. The lowest BCUT2D eigenvalue weighted by atomic mass is 10.4. The molecule has 1 aromatic heterocycles. The van der Waals surface area contributed by atoms with Gasteiger partial charge in [-0.2, -0.15) is 4.98 Å². The number of nitrogens with zero attached hydrogens (tertiary/aromatic N) is 2. The van der Waals surface area contributed by atoms with Gasteiger partial charge in [0.2, 0.25) is 5.95 Å². The van der Waals surface area contributed by atoms with Gasteiger partial charge >= 0.3 is 5.69 Å². The summed E-state index contributed by atoms with van der Waals surface area (Å²) in [6.45, 7) is 4.04. The number of hydrogen-bond acceptors (Lipinski definition) is 3. The molecule has 0 spiro atoms. The third-order valence-corrected chi connectivity index (χ3v) is 1.60. The molecule has 0 aliphatic heterocycles. The highest BCUT2D eigenvalue weighted by Gasteiger charge is 2.07. The molecule has 1 aromatic rings. The average Bonchev–Trinajstić information content (AvgIpc) is 2.34. The molecule has 11 heavy (non-hydrogen) atoms. The van der Waals surface area contributed by atoms with Crippen molar-refractivity contribution < 1.29 is 0 Å². The molecule has 5 heteroatoms. The van der Waals surface area contributed by atoms with Crippen LogP contribution in [0.2, 0.25) is 0 Å². The molecule has 0 radical (unpaired) electrons. The Bertz CT molecular complexity index is 274. The first-order chi connectivity index (χ1) is 5.11. The first-order valence-electron chi connectivity index (χ1n) is 3.49. The lowest BCUT2D eigenvalue weighted by Crippen LogP contribution is -2.27. The van der Waals surface area contributed by atoms with Crippen molar-refractivity contribution in [1.82, 2.24) is 15.2 Å². The summed E-state index contributed by atoms with van der Waals surface area (Å²) >= 11 is 0. The topological polar surface area (TPSA) is 64.8 Å². The van der Waals surface area contributed by atoms with E-state index < -0.39 is 0 Å². The summed E-state index contributed by atoms with van der Waals surface area (Å²) in [6.07, 6.45) is 0. The molecule has 2 N–H and O–H groups in total. The summed E-state index contributed by atoms with van der Waals surface area (Å²) in [4.78, 5) is 16.2. The minimum atomic E-state index is -0.340. The lowest BCUT2D eigenvalue weighted by molar-refractivity contribution is 0.731. The average molecular weight is 156 g/mol. The molecule has 0 amide bonds. The van der Waals surface area contributed by atoms with Crippen LogP contribution in [0, 0.1) is 0 Å². The standard InChI is InChI=1S/C6H12N4O/c1-4(2)10(3)5-7-6(11)9-8-5/h4H,1-3H3,(H2,7,8,9,11). The molecule has 1 rings (SSSR count). The smallest absolute Gasteiger partial charge is 0.342 e. The van der Waals surface area contributed by atoms with Crippen molar-refractivity contribution in [3.05, 3.63) is 10.5 Å². The highest BCUT2D eigenvalue weighted by molar-refractivity contribution is 5.26. The molecule has 1 heterocycles. The van der Waals surface area contributed by atoms with Crippen LogP contribution in [0.25, 0.3) is 0 Å². The van der Waals surface area contributed by atoms with Crippen LogP contribution < -0.4 is 10.6 Å². The van der Waals surface area contributed by atoms with Crippen LogP contribution in [-0.2, 0) is 0 Å². The third kappa shape index (κ3) is 1.60. The molecule has 0 saturated carbocycles. The summed E-state index contributed by atoms with van der Waals surface area (Å²) in [5, 5.41) is 5.03. The highest BCUT2D eigenvalue weighted by Crippen LogP contribution is 2.02. The molecule has 0 aromatic carbocycles. The Morgan fingerprint density at radius 3 is 2.45 bits per heavy atom. The second kappa shape index (κ2) is 2.77. The van der Waals surface area contributed by atoms with Gasteiger partial charge in [-0.25, -0.2) is 9.89 Å². The third-order valence-electron chi connectivity index (χ3n) is 1.60. The molecule has 0 unspecified atom stereocenters. The van der Waals surface area contributed by atoms with E-state index in [0.717, 1.165) is 0 Å². The number of H-pyrrole nitrogens is 2. The quantitative estimate of drug-likeness (QED) is 0.630. The Balaban J connectivity index is 2.84. The molecule has 0 fully saturated rings. The Morgan fingerprint density at radius 2 is 2.09 bits per heavy atom. The molecule has 0 atom stereocenters. The van der Waals surface area contributed by atoms with E-state index in [4.69, 9.17) is 0 Å². The van der Waals surface area contributed by atoms with Crippen molar-refractivity contribution in [3.8, 4) is 0 Å². The summed E-state index contributed by atoms with van der Waals surface area (Å²) in [7, 11) is 1.87. The van der Waals surface area contributed by atoms with Crippen molar-refractivity contribution in [2.75, 3.05) is 11.9 Å². The number of aromatic nitrogens is 3. The van der Waals surface area contributed by atoms with E-state index in [1.807, 2.05) is 25.8 Å². The Labute approximate surface area is 64.4 Å². The van der Waals surface area contributed by atoms with Gasteiger partial charge in [-0.3, -0.25) is 5.10 Å². The molecule has 5 nitrogen and oxygen atoms in total. The van der Waals surface area contributed by atoms with Gasteiger partial charge in [0.25, 0.3) is 0 Å². The van der Waals surface area contributed by atoms with Gasteiger partial charge in [0, 0.05) is 13.1 Å². The van der Waals surface area contributed by atoms with Gasteiger partial charge in [0.05, 0.1) is 0 Å². The van der Waals surface area contributed by atoms with Crippen molar-refractivity contribution in [2.24, 2.45) is 0 Å². The number of rotatable bonds is 2. The van der Waals surface area contributed by atoms with Crippen LogP contribution in [0.5, 0.6) is 0 Å². The number of aromatic amines is 2. The van der Waals surface area contributed by atoms with E-state index in [2.05, 4.69) is 15.2 Å². The maximum Gasteiger partial charge on any atom is 0.362 e. The van der Waals surface area contributed by atoms with Gasteiger partial charge in [-0.1, -0.05) is 0 Å². The second-order valence-corrected chi connectivity index (χ2v) is 2.70. The largest absolute Gasteiger partial charge is 0.362 e. The Hall–Kier alpha value is -1.26. The van der Waals surface area contributed by atoms with Crippen LogP contribution in [0.1, 0.15) is 13.8 Å². The number of nitrogens with one attached hydrogen (secondary N) is 2. The summed E-state index contributed by atoms with van der Waals surface area (Å²) in [6, 6.07) is 0.328. The molecule has 0 aliphatic carbocycles. The first-order valence-corrected chi connectivity index (χ1v) is 3.49. The number of anilines is 1. The molecular formula is C6H12N4O. The van der Waals surface area contributed by atoms with Gasteiger partial charge in [0.1, 0.15) is 0 Å². The van der Waals surface area contributed by atoms with E-state index in [0.29, 0.717) is 12.0 Å². The number of hydrogen-bond donors (Lipinski definition) is 2. The first kappa shape index (κ1) is 7.84. The fourth-order valence-electron chi connectivity index (χ4n) is 0.673. The minimum Gasteiger partial charge on any atom is -0.342 e. The SMILES string of the molecule is CC(C)N(C)c1nc(=O)[nH][nH]1. The van der Waals surface area contributed by atoms with E-state index in [1.54, 1.807) is 0 Å². The monoisotopic (exact) mass is 156 g/mol. The summed E-state index contributed by atoms with van der Waals surface area (Å²) in [5.41, 5.74) is -0.340. The van der Waals surface area contributed by atoms with Gasteiger partial charge in [-0.05, 0) is 13.8 Å². The molecule has 62 valence electrons. The zero-order valence-corrected chi connectivity index (χ0v) is 6.88. The van der Waals surface area contributed by atoms with Crippen molar-refractivity contribution in [3.63, 3.8) is 0 Å². The Morgan fingerprint density at radius 1 is 1.45 bits per heavy atom. The van der Waals surface area contributed by atoms with E-state index in [9.17, 15) is 4.79 Å². The molecule has 0 bridgehead atoms. The van der Waals surface area contributed by atoms with Gasteiger partial charge < -0.3 is 4.90 Å². The lowest BCUT2D eigenvalue weighted by Gasteiger charge is -2.19. The van der Waals surface area contributed by atoms with Crippen LogP contribution in [0.15, 0.2) is 4.79 Å². The van der Waals surface area contributed by atoms with E-state index in [1.165, 1.54) is 0 Å². The predicted octanol–water partition coefficient (Wildman–Crippen LogP) is -0.0574. The maximum atomic E-state index is 10.6. The zero-order chi connectivity index (χ0) is 8.43. The van der Waals surface area contributed by atoms with Crippen LogP contribution in [0.3, 0.4) is 0 Å². The van der Waals surface area contributed by atoms with E-state index in [-0.39, 0.29) is 5.69 Å². The van der Waals surface area contributed by atoms with Gasteiger partial charge in [0.15, 0.2) is 0 Å². The van der Waals surface area contributed by atoms with Crippen LogP contribution >= 0.6 is 0 Å². The fraction of sp³-hybridized carbons (Fsp3) is 0.667. The zero-order valence-electron chi connectivity index (χ0n) is 6.88. The fourth-order valence-corrected chi connectivity index (χ4v) is 0.673. The normalized spacial score (nSPS) is 10.5. The van der Waals surface area contributed by atoms with Crippen LogP contribution in [-0.4, -0.2) is 28.3 Å². The minimum absolute atomic E-state index is 0.328. The maximum absolute atomic E-state index is 10.6. The van der Waals surface area contributed by atoms with Crippen molar-refractivity contribution >= 4 is 5.95 Å². The van der Waals surface area contributed by atoms with Crippen molar-refractivity contribution in [2.45, 2.75) is 19.9 Å². The van der Waals surface area contributed by atoms with Crippen LogP contribution in [0.4, 0.5) is 5.95 Å². The van der Waals surface area contributed by atoms with Crippen molar-refractivity contribution in [1.29, 1.82) is 0 Å². The molecular weight excluding hydrogens is 144 g/mol.